The molecule has 2 fully saturated rings. The Morgan fingerprint density at radius 1 is 1.10 bits per heavy atom. The van der Waals surface area contributed by atoms with Crippen molar-refractivity contribution < 1.29 is 36.7 Å². The molecule has 1 aliphatic heterocycles. The topological polar surface area (TPSA) is 74.0 Å². The molecule has 2 heterocycles. The number of methoxy groups -OCH3 is 1. The van der Waals surface area contributed by atoms with Crippen molar-refractivity contribution in [2.75, 3.05) is 25.1 Å². The molecule has 0 atom stereocenters. The van der Waals surface area contributed by atoms with Crippen molar-refractivity contribution in [3.05, 3.63) is 94.0 Å². The van der Waals surface area contributed by atoms with Crippen molar-refractivity contribution in [1.82, 2.24) is 5.16 Å². The minimum Gasteiger partial charge on any atom is -0.489 e. The molecule has 7 nitrogen and oxygen atoms in total. The molecule has 6 rings (SSSR count). The number of carbonyl (C=O) groups is 1. The van der Waals surface area contributed by atoms with Crippen molar-refractivity contribution in [3.8, 4) is 22.8 Å². The summed E-state index contributed by atoms with van der Waals surface area (Å²) in [5, 5.41) is 4.72. The van der Waals surface area contributed by atoms with Crippen LogP contribution in [0.15, 0.2) is 65.2 Å². The van der Waals surface area contributed by atoms with Crippen LogP contribution in [0.25, 0.3) is 11.3 Å². The minimum absolute atomic E-state index is 0.00565. The number of halogens is 4. The van der Waals surface area contributed by atoms with Gasteiger partial charge in [-0.05, 0) is 60.9 Å². The smallest absolute Gasteiger partial charge is 0.387 e. The highest BCUT2D eigenvalue weighted by Gasteiger charge is 2.34. The standard InChI is InChI=1S/C31H26ClF3N2O5/c1-39-30(38)18-10-20(33)12-21(11-18)37-14-19(15-37)23-9-8-22(13-26(23)32)40-16-25-28(36-42-29(25)17-6-7-17)24-4-2-3-5-27(24)41-31(34)35/h2-5,8-13,17,19,31H,6-7,14-16H2,1H3. The first-order valence-electron chi connectivity index (χ1n) is 13.4. The maximum atomic E-state index is 14.1. The van der Waals surface area contributed by atoms with Crippen LogP contribution in [0, 0.1) is 5.82 Å². The number of ether oxygens (including phenoxy) is 3. The Kier molecular flexibility index (Phi) is 7.72. The van der Waals surface area contributed by atoms with Crippen molar-refractivity contribution in [1.29, 1.82) is 0 Å². The first-order chi connectivity index (χ1) is 20.3. The molecule has 0 N–H and O–H groups in total. The first-order valence-corrected chi connectivity index (χ1v) is 13.8. The lowest BCUT2D eigenvalue weighted by Gasteiger charge is -2.41. The van der Waals surface area contributed by atoms with E-state index in [-0.39, 0.29) is 29.8 Å². The number of nitrogens with zero attached hydrogens (tertiary/aromatic N) is 2. The minimum atomic E-state index is -2.98. The van der Waals surface area contributed by atoms with E-state index >= 15 is 0 Å². The summed E-state index contributed by atoms with van der Waals surface area (Å²) >= 11 is 6.65. The van der Waals surface area contributed by atoms with E-state index in [1.165, 1.54) is 19.2 Å². The van der Waals surface area contributed by atoms with Gasteiger partial charge in [-0.1, -0.05) is 35.0 Å². The summed E-state index contributed by atoms with van der Waals surface area (Å²) in [5.74, 6) is 0.421. The predicted molar refractivity (Wildman–Crippen MR) is 149 cm³/mol. The van der Waals surface area contributed by atoms with Gasteiger partial charge in [-0.2, -0.15) is 8.78 Å². The van der Waals surface area contributed by atoms with E-state index in [0.29, 0.717) is 52.1 Å². The van der Waals surface area contributed by atoms with Crippen molar-refractivity contribution in [2.45, 2.75) is 37.9 Å². The second kappa shape index (κ2) is 11.6. The number of para-hydroxylation sites is 1. The van der Waals surface area contributed by atoms with Crippen LogP contribution < -0.4 is 14.4 Å². The summed E-state index contributed by atoms with van der Waals surface area (Å²) in [4.78, 5) is 13.8. The third-order valence-electron chi connectivity index (χ3n) is 7.47. The molecular formula is C31H26ClF3N2O5. The van der Waals surface area contributed by atoms with E-state index in [2.05, 4.69) is 5.16 Å². The Morgan fingerprint density at radius 2 is 1.88 bits per heavy atom. The molecule has 218 valence electrons. The highest BCUT2D eigenvalue weighted by Crippen LogP contribution is 2.45. The van der Waals surface area contributed by atoms with Crippen LogP contribution in [0.1, 0.15) is 51.9 Å². The molecule has 0 radical (unpaired) electrons. The fourth-order valence-electron chi connectivity index (χ4n) is 5.16. The zero-order valence-electron chi connectivity index (χ0n) is 22.5. The highest BCUT2D eigenvalue weighted by molar-refractivity contribution is 6.31. The quantitative estimate of drug-likeness (QED) is 0.174. The molecule has 11 heteroatoms. The average Bonchev–Trinajstić information content (AvgIpc) is 3.70. The van der Waals surface area contributed by atoms with Crippen LogP contribution >= 0.6 is 11.6 Å². The molecule has 2 aliphatic rings. The second-order valence-corrected chi connectivity index (χ2v) is 10.7. The SMILES string of the molecule is COC(=O)c1cc(F)cc(N2CC(c3ccc(OCc4c(-c5ccccc5OC(F)F)noc4C4CC4)cc3Cl)C2)c1. The Morgan fingerprint density at radius 3 is 2.60 bits per heavy atom. The number of hydrogen-bond acceptors (Lipinski definition) is 7. The van der Waals surface area contributed by atoms with E-state index in [4.69, 9.17) is 30.3 Å². The van der Waals surface area contributed by atoms with Crippen LogP contribution in [0.5, 0.6) is 11.5 Å². The van der Waals surface area contributed by atoms with E-state index in [9.17, 15) is 18.0 Å². The number of benzene rings is 3. The Bertz CT molecular complexity index is 1620. The summed E-state index contributed by atoms with van der Waals surface area (Å²) in [6.45, 7) is -1.68. The molecule has 0 amide bonds. The Labute approximate surface area is 244 Å². The molecule has 1 aromatic heterocycles. The molecule has 0 spiro atoms. The summed E-state index contributed by atoms with van der Waals surface area (Å²) in [6, 6.07) is 16.0. The van der Waals surface area contributed by atoms with Gasteiger partial charge < -0.3 is 23.6 Å². The first kappa shape index (κ1) is 28.0. The molecular weight excluding hydrogens is 573 g/mol. The molecule has 1 saturated heterocycles. The number of carbonyl (C=O) groups excluding carboxylic acids is 1. The number of hydrogen-bond donors (Lipinski definition) is 0. The molecule has 4 aromatic rings. The monoisotopic (exact) mass is 598 g/mol. The number of alkyl halides is 2. The molecule has 3 aromatic carbocycles. The predicted octanol–water partition coefficient (Wildman–Crippen LogP) is 7.58. The highest BCUT2D eigenvalue weighted by atomic mass is 35.5. The number of esters is 1. The molecule has 1 saturated carbocycles. The zero-order chi connectivity index (χ0) is 29.4. The maximum absolute atomic E-state index is 14.1. The van der Waals surface area contributed by atoms with Crippen LogP contribution in [0.3, 0.4) is 0 Å². The molecule has 0 bridgehead atoms. The Hall–Kier alpha value is -4.18. The van der Waals surface area contributed by atoms with Gasteiger partial charge in [-0.3, -0.25) is 0 Å². The lowest BCUT2D eigenvalue weighted by Crippen LogP contribution is -2.45. The van der Waals surface area contributed by atoms with Gasteiger partial charge in [0.2, 0.25) is 0 Å². The van der Waals surface area contributed by atoms with Gasteiger partial charge >= 0.3 is 12.6 Å². The van der Waals surface area contributed by atoms with Crippen molar-refractivity contribution in [2.24, 2.45) is 0 Å². The lowest BCUT2D eigenvalue weighted by molar-refractivity contribution is -0.0494. The number of aromatic nitrogens is 1. The van der Waals surface area contributed by atoms with Crippen molar-refractivity contribution >= 4 is 23.3 Å². The van der Waals surface area contributed by atoms with Gasteiger partial charge in [0.25, 0.3) is 0 Å². The third-order valence-corrected chi connectivity index (χ3v) is 7.80. The van der Waals surface area contributed by atoms with Gasteiger partial charge in [-0.25, -0.2) is 9.18 Å². The van der Waals surface area contributed by atoms with Gasteiger partial charge in [0, 0.05) is 41.2 Å². The summed E-state index contributed by atoms with van der Waals surface area (Å²) in [5.41, 5.74) is 3.15. The van der Waals surface area contributed by atoms with Crippen LogP contribution in [0.2, 0.25) is 5.02 Å². The maximum Gasteiger partial charge on any atom is 0.387 e. The normalized spacial score (nSPS) is 15.0. The van der Waals surface area contributed by atoms with Crippen LogP contribution in [-0.4, -0.2) is 37.9 Å². The summed E-state index contributed by atoms with van der Waals surface area (Å²) in [6.07, 6.45) is 1.91. The number of anilines is 1. The van der Waals surface area contributed by atoms with Gasteiger partial charge in [0.15, 0.2) is 0 Å². The second-order valence-electron chi connectivity index (χ2n) is 10.3. The van der Waals surface area contributed by atoms with Gasteiger partial charge in [-0.15, -0.1) is 0 Å². The molecule has 0 unspecified atom stereocenters. The van der Waals surface area contributed by atoms with Gasteiger partial charge in [0.1, 0.15) is 35.4 Å². The summed E-state index contributed by atoms with van der Waals surface area (Å²) in [7, 11) is 1.25. The lowest BCUT2D eigenvalue weighted by atomic mass is 9.90. The summed E-state index contributed by atoms with van der Waals surface area (Å²) < 4.78 is 61.3. The number of rotatable bonds is 10. The fourth-order valence-corrected chi connectivity index (χ4v) is 5.49. The molecule has 1 aliphatic carbocycles. The van der Waals surface area contributed by atoms with E-state index < -0.39 is 18.4 Å². The fraction of sp³-hybridized carbons (Fsp3) is 0.290. The average molecular weight is 599 g/mol. The third kappa shape index (κ3) is 5.76. The van der Waals surface area contributed by atoms with Crippen molar-refractivity contribution in [3.63, 3.8) is 0 Å². The van der Waals surface area contributed by atoms with E-state index in [1.807, 2.05) is 17.0 Å². The van der Waals surface area contributed by atoms with E-state index in [0.717, 1.165) is 24.5 Å². The van der Waals surface area contributed by atoms with E-state index in [1.54, 1.807) is 30.3 Å². The van der Waals surface area contributed by atoms with Crippen LogP contribution in [-0.2, 0) is 11.3 Å². The largest absolute Gasteiger partial charge is 0.489 e. The zero-order valence-corrected chi connectivity index (χ0v) is 23.2. The molecule has 42 heavy (non-hydrogen) atoms. The Balaban J connectivity index is 1.16. The van der Waals surface area contributed by atoms with Gasteiger partial charge in [0.05, 0.1) is 18.2 Å². The van der Waals surface area contributed by atoms with Crippen LogP contribution in [0.4, 0.5) is 18.9 Å².